The Balaban J connectivity index is 2.60. The third-order valence-electron chi connectivity index (χ3n) is 3.19. The van der Waals surface area contributed by atoms with Crippen LogP contribution in [-0.4, -0.2) is 55.8 Å². The Morgan fingerprint density at radius 3 is 2.54 bits per heavy atom. The van der Waals surface area contributed by atoms with Crippen molar-refractivity contribution in [3.63, 3.8) is 0 Å². The van der Waals surface area contributed by atoms with E-state index in [-0.39, 0.29) is 19.6 Å². The molecule has 0 saturated carbocycles. The molecular weight excluding hydrogens is 316 g/mol. The number of methoxy groups -OCH3 is 2. The topological polar surface area (TPSA) is 114 Å². The van der Waals surface area contributed by atoms with E-state index in [2.05, 4.69) is 10.6 Å². The molecule has 0 radical (unpaired) electrons. The predicted octanol–water partition coefficient (Wildman–Crippen LogP) is 0.421. The molecule has 0 aromatic heterocycles. The first-order chi connectivity index (χ1) is 11.3. The van der Waals surface area contributed by atoms with E-state index in [0.717, 1.165) is 0 Å². The summed E-state index contributed by atoms with van der Waals surface area (Å²) in [6.07, 6.45) is -0.295. The molecule has 1 unspecified atom stereocenters. The molecule has 0 spiro atoms. The molecule has 1 rings (SSSR count). The summed E-state index contributed by atoms with van der Waals surface area (Å²) >= 11 is 0. The highest BCUT2D eigenvalue weighted by Crippen LogP contribution is 2.12. The molecule has 0 aliphatic heterocycles. The lowest BCUT2D eigenvalue weighted by Crippen LogP contribution is -2.53. The Hall–Kier alpha value is -2.61. The third kappa shape index (κ3) is 6.25. The fourth-order valence-electron chi connectivity index (χ4n) is 2.19. The summed E-state index contributed by atoms with van der Waals surface area (Å²) in [6, 6.07) is 6.50. The fraction of sp³-hybridized carbons (Fsp3) is 0.438. The maximum atomic E-state index is 12.0. The van der Waals surface area contributed by atoms with E-state index >= 15 is 0 Å². The molecule has 1 atom stereocenters. The van der Waals surface area contributed by atoms with Crippen molar-refractivity contribution in [3.05, 3.63) is 29.8 Å². The summed E-state index contributed by atoms with van der Waals surface area (Å²) in [7, 11) is 2.90. The highest BCUT2D eigenvalue weighted by molar-refractivity contribution is 5.96. The molecule has 8 nitrogen and oxygen atoms in total. The van der Waals surface area contributed by atoms with Gasteiger partial charge in [0.05, 0.1) is 32.2 Å². The number of aliphatic carboxylic acids is 1. The van der Waals surface area contributed by atoms with E-state index in [0.29, 0.717) is 11.3 Å². The first-order valence-electron chi connectivity index (χ1n) is 7.23. The fourth-order valence-corrected chi connectivity index (χ4v) is 2.19. The number of rotatable bonds is 9. The second kappa shape index (κ2) is 8.88. The molecule has 0 aliphatic carbocycles. The van der Waals surface area contributed by atoms with E-state index in [1.54, 1.807) is 31.2 Å². The van der Waals surface area contributed by atoms with Crippen LogP contribution in [-0.2, 0) is 14.3 Å². The van der Waals surface area contributed by atoms with Gasteiger partial charge < -0.3 is 25.2 Å². The lowest BCUT2D eigenvalue weighted by Gasteiger charge is -2.28. The quantitative estimate of drug-likeness (QED) is 0.601. The van der Waals surface area contributed by atoms with E-state index in [1.165, 1.54) is 14.2 Å². The summed E-state index contributed by atoms with van der Waals surface area (Å²) in [5.74, 6) is -1.47. The Labute approximate surface area is 140 Å². The average Bonchev–Trinajstić information content (AvgIpc) is 2.51. The van der Waals surface area contributed by atoms with Crippen LogP contribution < -0.4 is 15.4 Å². The smallest absolute Gasteiger partial charge is 0.305 e. The van der Waals surface area contributed by atoms with Gasteiger partial charge in [0.2, 0.25) is 5.91 Å². The minimum absolute atomic E-state index is 0.0366. The molecule has 8 heteroatoms. The second-order valence-electron chi connectivity index (χ2n) is 5.53. The van der Waals surface area contributed by atoms with Gasteiger partial charge in [-0.3, -0.25) is 14.4 Å². The zero-order valence-corrected chi connectivity index (χ0v) is 13.9. The second-order valence-corrected chi connectivity index (χ2v) is 5.53. The highest BCUT2D eigenvalue weighted by Gasteiger charge is 2.29. The van der Waals surface area contributed by atoms with E-state index in [9.17, 15) is 14.4 Å². The van der Waals surface area contributed by atoms with Crippen LogP contribution in [0.3, 0.4) is 0 Å². The van der Waals surface area contributed by atoms with Gasteiger partial charge in [0.25, 0.3) is 5.91 Å². The minimum atomic E-state index is -1.06. The zero-order valence-electron chi connectivity index (χ0n) is 13.9. The van der Waals surface area contributed by atoms with Crippen molar-refractivity contribution in [1.29, 1.82) is 0 Å². The van der Waals surface area contributed by atoms with Gasteiger partial charge in [0.15, 0.2) is 0 Å². The Morgan fingerprint density at radius 2 is 1.96 bits per heavy atom. The molecule has 1 aromatic rings. The first-order valence-corrected chi connectivity index (χ1v) is 7.23. The van der Waals surface area contributed by atoms with Crippen molar-refractivity contribution in [2.75, 3.05) is 27.4 Å². The summed E-state index contributed by atoms with van der Waals surface area (Å²) in [6.45, 7) is 1.32. The Bertz CT molecular complexity index is 604. The summed E-state index contributed by atoms with van der Waals surface area (Å²) in [4.78, 5) is 34.9. The van der Waals surface area contributed by atoms with Gasteiger partial charge in [-0.15, -0.1) is 0 Å². The molecule has 1 aromatic carbocycles. The predicted molar refractivity (Wildman–Crippen MR) is 86.0 cm³/mol. The number of amides is 2. The van der Waals surface area contributed by atoms with Crippen LogP contribution in [0.25, 0.3) is 0 Å². The van der Waals surface area contributed by atoms with Gasteiger partial charge in [-0.2, -0.15) is 0 Å². The maximum absolute atomic E-state index is 12.0. The molecule has 0 saturated heterocycles. The normalized spacial score (nSPS) is 12.8. The van der Waals surface area contributed by atoms with Gasteiger partial charge in [-0.25, -0.2) is 0 Å². The van der Waals surface area contributed by atoms with Crippen molar-refractivity contribution in [3.8, 4) is 5.75 Å². The van der Waals surface area contributed by atoms with E-state index < -0.39 is 23.3 Å². The summed E-state index contributed by atoms with van der Waals surface area (Å²) in [5, 5.41) is 14.0. The van der Waals surface area contributed by atoms with Crippen molar-refractivity contribution in [2.45, 2.75) is 18.9 Å². The van der Waals surface area contributed by atoms with Crippen LogP contribution in [0.2, 0.25) is 0 Å². The minimum Gasteiger partial charge on any atom is -0.497 e. The largest absolute Gasteiger partial charge is 0.497 e. The SMILES string of the molecule is COCC(C)(CC(=O)O)NC(=O)CNC(=O)c1cccc(OC)c1. The Morgan fingerprint density at radius 1 is 1.25 bits per heavy atom. The number of hydrogen-bond acceptors (Lipinski definition) is 5. The van der Waals surface area contributed by atoms with Crippen LogP contribution in [0.15, 0.2) is 24.3 Å². The number of carbonyl (C=O) groups is 3. The number of carboxylic acid groups (broad SMARTS) is 1. The van der Waals surface area contributed by atoms with Gasteiger partial charge >= 0.3 is 5.97 Å². The number of hydrogen-bond donors (Lipinski definition) is 3. The molecule has 0 heterocycles. The lowest BCUT2D eigenvalue weighted by molar-refractivity contribution is -0.139. The van der Waals surface area contributed by atoms with Gasteiger partial charge in [-0.05, 0) is 25.1 Å². The molecule has 0 aliphatic rings. The molecule has 2 amide bonds. The number of ether oxygens (including phenoxy) is 2. The first kappa shape index (κ1) is 19.4. The highest BCUT2D eigenvalue weighted by atomic mass is 16.5. The number of carboxylic acids is 1. The van der Waals surface area contributed by atoms with Gasteiger partial charge in [0.1, 0.15) is 5.75 Å². The molecule has 3 N–H and O–H groups in total. The zero-order chi connectivity index (χ0) is 18.2. The van der Waals surface area contributed by atoms with Crippen LogP contribution in [0.1, 0.15) is 23.7 Å². The Kier molecular flexibility index (Phi) is 7.19. The van der Waals surface area contributed by atoms with Crippen molar-refractivity contribution < 1.29 is 29.0 Å². The third-order valence-corrected chi connectivity index (χ3v) is 3.19. The van der Waals surface area contributed by atoms with Crippen molar-refractivity contribution in [2.24, 2.45) is 0 Å². The standard InChI is InChI=1S/C16H22N2O6/c1-16(10-23-2,8-14(20)21)18-13(19)9-17-15(22)11-5-4-6-12(7-11)24-3/h4-7H,8-10H2,1-3H3,(H,17,22)(H,18,19)(H,20,21). The van der Waals surface area contributed by atoms with Crippen LogP contribution in [0.4, 0.5) is 0 Å². The molecular formula is C16H22N2O6. The van der Waals surface area contributed by atoms with Crippen molar-refractivity contribution in [1.82, 2.24) is 10.6 Å². The number of benzene rings is 1. The van der Waals surface area contributed by atoms with Gasteiger partial charge in [-0.1, -0.05) is 6.07 Å². The summed E-state index contributed by atoms with van der Waals surface area (Å²) in [5.41, 5.74) is -0.703. The monoisotopic (exact) mass is 338 g/mol. The molecule has 132 valence electrons. The molecule has 0 fully saturated rings. The van der Waals surface area contributed by atoms with Crippen LogP contribution in [0.5, 0.6) is 5.75 Å². The molecule has 0 bridgehead atoms. The van der Waals surface area contributed by atoms with E-state index in [4.69, 9.17) is 14.6 Å². The van der Waals surface area contributed by atoms with Crippen molar-refractivity contribution >= 4 is 17.8 Å². The number of carbonyl (C=O) groups excluding carboxylic acids is 2. The lowest BCUT2D eigenvalue weighted by atomic mass is 9.99. The maximum Gasteiger partial charge on any atom is 0.305 e. The van der Waals surface area contributed by atoms with Crippen LogP contribution >= 0.6 is 0 Å². The summed E-state index contributed by atoms with van der Waals surface area (Å²) < 4.78 is 9.98. The van der Waals surface area contributed by atoms with Crippen LogP contribution in [0, 0.1) is 0 Å². The number of nitrogens with one attached hydrogen (secondary N) is 2. The average molecular weight is 338 g/mol. The molecule has 24 heavy (non-hydrogen) atoms. The van der Waals surface area contributed by atoms with E-state index in [1.807, 2.05) is 0 Å². The van der Waals surface area contributed by atoms with Gasteiger partial charge in [0, 0.05) is 12.7 Å².